The molecule has 2 aromatic rings. The molecular weight excluding hydrogens is 267 g/mol. The van der Waals surface area contributed by atoms with Gasteiger partial charge in [0.25, 0.3) is 0 Å². The Labute approximate surface area is 112 Å². The second kappa shape index (κ2) is 4.92. The minimum absolute atomic E-state index is 0.0498. The molecule has 0 amide bonds. The number of ketones is 1. The van der Waals surface area contributed by atoms with E-state index in [2.05, 4.69) is 14.6 Å². The molecule has 1 aliphatic rings. The number of benzene rings is 1. The number of ether oxygens (including phenoxy) is 1. The zero-order chi connectivity index (χ0) is 14.1. The largest absolute Gasteiger partial charge is 0.493 e. The SMILES string of the molecule is O=C(Cc1n[nH]c(=O)o1)CC1COc2cc(F)ccc21. The van der Waals surface area contributed by atoms with E-state index in [-0.39, 0.29) is 36.3 Å². The summed E-state index contributed by atoms with van der Waals surface area (Å²) in [5.74, 6) is -0.728. The number of H-pyrrole nitrogens is 1. The highest BCUT2D eigenvalue weighted by atomic mass is 19.1. The van der Waals surface area contributed by atoms with Gasteiger partial charge in [0.1, 0.15) is 17.3 Å². The minimum atomic E-state index is -0.683. The van der Waals surface area contributed by atoms with Gasteiger partial charge in [-0.2, -0.15) is 0 Å². The van der Waals surface area contributed by atoms with Crippen molar-refractivity contribution >= 4 is 5.78 Å². The van der Waals surface area contributed by atoms with Gasteiger partial charge in [-0.15, -0.1) is 5.10 Å². The summed E-state index contributed by atoms with van der Waals surface area (Å²) in [6.07, 6.45) is 0.182. The highest BCUT2D eigenvalue weighted by Crippen LogP contribution is 2.36. The van der Waals surface area contributed by atoms with Crippen LogP contribution in [0.25, 0.3) is 0 Å². The van der Waals surface area contributed by atoms with Crippen LogP contribution in [-0.4, -0.2) is 22.6 Å². The minimum Gasteiger partial charge on any atom is -0.493 e. The standard InChI is InChI=1S/C13H11FN2O4/c14-8-1-2-10-7(6-19-11(10)4-8)3-9(17)5-12-15-16-13(18)20-12/h1-2,4,7H,3,5-6H2,(H,16,18). The van der Waals surface area contributed by atoms with E-state index >= 15 is 0 Å². The fourth-order valence-corrected chi connectivity index (χ4v) is 2.27. The van der Waals surface area contributed by atoms with Crippen LogP contribution in [0.15, 0.2) is 27.4 Å². The lowest BCUT2D eigenvalue weighted by Crippen LogP contribution is -2.11. The Kier molecular flexibility index (Phi) is 3.09. The molecule has 3 rings (SSSR count). The van der Waals surface area contributed by atoms with Gasteiger partial charge in [-0.05, 0) is 6.07 Å². The number of hydrogen-bond donors (Lipinski definition) is 1. The fraction of sp³-hybridized carbons (Fsp3) is 0.308. The molecule has 1 atom stereocenters. The third-order valence-electron chi connectivity index (χ3n) is 3.16. The van der Waals surface area contributed by atoms with Crippen LogP contribution >= 0.6 is 0 Å². The Morgan fingerprint density at radius 2 is 2.35 bits per heavy atom. The quantitative estimate of drug-likeness (QED) is 0.907. The average molecular weight is 278 g/mol. The summed E-state index contributed by atoms with van der Waals surface area (Å²) >= 11 is 0. The van der Waals surface area contributed by atoms with Crippen molar-refractivity contribution in [3.63, 3.8) is 0 Å². The van der Waals surface area contributed by atoms with Crippen molar-refractivity contribution in [3.8, 4) is 5.75 Å². The molecule has 6 nitrogen and oxygen atoms in total. The number of aromatic nitrogens is 2. The summed E-state index contributed by atoms with van der Waals surface area (Å²) in [6.45, 7) is 0.342. The molecule has 20 heavy (non-hydrogen) atoms. The van der Waals surface area contributed by atoms with E-state index in [1.54, 1.807) is 6.07 Å². The molecule has 0 aliphatic carbocycles. The van der Waals surface area contributed by atoms with Crippen molar-refractivity contribution < 1.29 is 18.3 Å². The summed E-state index contributed by atoms with van der Waals surface area (Å²) in [5.41, 5.74) is 0.822. The van der Waals surface area contributed by atoms with Crippen molar-refractivity contribution in [3.05, 3.63) is 46.0 Å². The Morgan fingerprint density at radius 1 is 1.50 bits per heavy atom. The second-order valence-electron chi connectivity index (χ2n) is 4.62. The molecule has 2 heterocycles. The topological polar surface area (TPSA) is 85.2 Å². The van der Waals surface area contributed by atoms with Crippen LogP contribution in [-0.2, 0) is 11.2 Å². The first-order valence-corrected chi connectivity index (χ1v) is 6.10. The van der Waals surface area contributed by atoms with Crippen LogP contribution in [0.1, 0.15) is 23.8 Å². The van der Waals surface area contributed by atoms with E-state index in [1.807, 2.05) is 0 Å². The summed E-state index contributed by atoms with van der Waals surface area (Å²) in [6, 6.07) is 4.29. The van der Waals surface area contributed by atoms with Crippen molar-refractivity contribution in [2.24, 2.45) is 0 Å². The number of rotatable bonds is 4. The highest BCUT2D eigenvalue weighted by molar-refractivity contribution is 5.81. The van der Waals surface area contributed by atoms with Crippen LogP contribution in [0.5, 0.6) is 5.75 Å². The molecule has 1 aromatic heterocycles. The van der Waals surface area contributed by atoms with Crippen LogP contribution in [0.3, 0.4) is 0 Å². The molecule has 1 N–H and O–H groups in total. The number of halogens is 1. The molecule has 7 heteroatoms. The van der Waals surface area contributed by atoms with Crippen LogP contribution in [0.2, 0.25) is 0 Å². The maximum absolute atomic E-state index is 13.0. The third kappa shape index (κ3) is 2.47. The number of fused-ring (bicyclic) bond motifs is 1. The summed E-state index contributed by atoms with van der Waals surface area (Å²) in [7, 11) is 0. The molecule has 0 fully saturated rings. The van der Waals surface area contributed by atoms with Gasteiger partial charge in [0.15, 0.2) is 0 Å². The van der Waals surface area contributed by atoms with E-state index in [4.69, 9.17) is 4.74 Å². The molecule has 1 aromatic carbocycles. The van der Waals surface area contributed by atoms with Crippen molar-refractivity contribution in [2.75, 3.05) is 6.61 Å². The first-order chi connectivity index (χ1) is 9.61. The van der Waals surface area contributed by atoms with Crippen LogP contribution in [0, 0.1) is 5.82 Å². The summed E-state index contributed by atoms with van der Waals surface area (Å²) < 4.78 is 23.1. The van der Waals surface area contributed by atoms with Gasteiger partial charge in [0.05, 0.1) is 13.0 Å². The normalized spacial score (nSPS) is 16.8. The number of carbonyl (C=O) groups is 1. The number of Topliss-reactive ketones (excluding diaryl/α,β-unsaturated/α-hetero) is 1. The number of nitrogens with zero attached hydrogens (tertiary/aromatic N) is 1. The van der Waals surface area contributed by atoms with E-state index in [9.17, 15) is 14.0 Å². The monoisotopic (exact) mass is 278 g/mol. The zero-order valence-electron chi connectivity index (χ0n) is 10.4. The van der Waals surface area contributed by atoms with E-state index in [0.717, 1.165) is 5.56 Å². The molecule has 0 saturated heterocycles. The van der Waals surface area contributed by atoms with Crippen molar-refractivity contribution in [1.82, 2.24) is 10.2 Å². The molecule has 1 aliphatic heterocycles. The zero-order valence-corrected chi connectivity index (χ0v) is 10.4. The van der Waals surface area contributed by atoms with Crippen LogP contribution in [0.4, 0.5) is 4.39 Å². The Bertz CT molecular complexity index is 706. The third-order valence-corrected chi connectivity index (χ3v) is 3.16. The predicted octanol–water partition coefficient (Wildman–Crippen LogP) is 1.18. The number of carbonyl (C=O) groups excluding carboxylic acids is 1. The van der Waals surface area contributed by atoms with Gasteiger partial charge >= 0.3 is 5.76 Å². The Hall–Kier alpha value is -2.44. The number of aromatic amines is 1. The Morgan fingerprint density at radius 3 is 3.10 bits per heavy atom. The average Bonchev–Trinajstić information content (AvgIpc) is 2.96. The lowest BCUT2D eigenvalue weighted by molar-refractivity contribution is -0.119. The summed E-state index contributed by atoms with van der Waals surface area (Å²) in [4.78, 5) is 22.7. The first-order valence-electron chi connectivity index (χ1n) is 6.10. The lowest BCUT2D eigenvalue weighted by atomic mass is 9.95. The van der Waals surface area contributed by atoms with E-state index in [0.29, 0.717) is 12.4 Å². The van der Waals surface area contributed by atoms with Gasteiger partial charge in [-0.3, -0.25) is 4.79 Å². The molecule has 0 saturated carbocycles. The fourth-order valence-electron chi connectivity index (χ4n) is 2.27. The molecule has 104 valence electrons. The molecule has 0 bridgehead atoms. The van der Waals surface area contributed by atoms with Gasteiger partial charge in [0, 0.05) is 24.0 Å². The van der Waals surface area contributed by atoms with Gasteiger partial charge in [-0.1, -0.05) is 6.07 Å². The maximum Gasteiger partial charge on any atom is 0.434 e. The second-order valence-corrected chi connectivity index (χ2v) is 4.62. The van der Waals surface area contributed by atoms with E-state index < -0.39 is 5.76 Å². The number of hydrogen-bond acceptors (Lipinski definition) is 5. The highest BCUT2D eigenvalue weighted by Gasteiger charge is 2.27. The molecular formula is C13H11FN2O4. The molecule has 0 radical (unpaired) electrons. The van der Waals surface area contributed by atoms with Gasteiger partial charge < -0.3 is 9.15 Å². The van der Waals surface area contributed by atoms with Crippen LogP contribution < -0.4 is 10.5 Å². The predicted molar refractivity (Wildman–Crippen MR) is 65.1 cm³/mol. The van der Waals surface area contributed by atoms with Crippen molar-refractivity contribution in [2.45, 2.75) is 18.8 Å². The molecule has 0 spiro atoms. The first kappa shape index (κ1) is 12.6. The smallest absolute Gasteiger partial charge is 0.434 e. The van der Waals surface area contributed by atoms with Crippen molar-refractivity contribution in [1.29, 1.82) is 0 Å². The lowest BCUT2D eigenvalue weighted by Gasteiger charge is -2.06. The number of nitrogens with one attached hydrogen (secondary N) is 1. The summed E-state index contributed by atoms with van der Waals surface area (Å²) in [5, 5.41) is 5.68. The van der Waals surface area contributed by atoms with Gasteiger partial charge in [-0.25, -0.2) is 14.3 Å². The molecule has 1 unspecified atom stereocenters. The Balaban J connectivity index is 1.68. The maximum atomic E-state index is 13.0. The van der Waals surface area contributed by atoms with E-state index in [1.165, 1.54) is 12.1 Å². The van der Waals surface area contributed by atoms with Gasteiger partial charge in [0.2, 0.25) is 5.89 Å².